The second-order valence-electron chi connectivity index (χ2n) is 5.11. The van der Waals surface area contributed by atoms with Gasteiger partial charge in [-0.25, -0.2) is 8.78 Å². The standard InChI is InChI=1S/C14H14F5NO2.ClH/c1-22-13(21)7-2-3-20-11(6-7)8-4-9(15)12(10(16)5-8)14(17,18)19;/h4-5,7,11,20H,2-3,6H2,1H3;1H. The highest BCUT2D eigenvalue weighted by atomic mass is 35.5. The molecule has 1 fully saturated rings. The summed E-state index contributed by atoms with van der Waals surface area (Å²) in [5, 5.41) is 2.93. The summed E-state index contributed by atoms with van der Waals surface area (Å²) in [6, 6.07) is 0.705. The van der Waals surface area contributed by atoms with Crippen molar-refractivity contribution in [3.05, 3.63) is 34.9 Å². The Bertz CT molecular complexity index is 556. The van der Waals surface area contributed by atoms with Gasteiger partial charge in [0.05, 0.1) is 13.0 Å². The van der Waals surface area contributed by atoms with E-state index in [-0.39, 0.29) is 24.4 Å². The largest absolute Gasteiger partial charge is 0.469 e. The van der Waals surface area contributed by atoms with Crippen molar-refractivity contribution < 1.29 is 31.5 Å². The second-order valence-corrected chi connectivity index (χ2v) is 5.11. The Morgan fingerprint density at radius 3 is 2.30 bits per heavy atom. The molecule has 2 unspecified atom stereocenters. The van der Waals surface area contributed by atoms with Crippen LogP contribution >= 0.6 is 12.4 Å². The summed E-state index contributed by atoms with van der Waals surface area (Å²) in [6.07, 6.45) is -4.40. The molecule has 0 radical (unpaired) electrons. The maximum absolute atomic E-state index is 13.6. The molecule has 1 aliphatic rings. The highest BCUT2D eigenvalue weighted by molar-refractivity contribution is 5.85. The Hall–Kier alpha value is -1.41. The number of methoxy groups -OCH3 is 1. The number of hydrogen-bond acceptors (Lipinski definition) is 3. The molecule has 1 aromatic rings. The summed E-state index contributed by atoms with van der Waals surface area (Å²) in [4.78, 5) is 11.5. The average Bonchev–Trinajstić information content (AvgIpc) is 2.44. The fourth-order valence-electron chi connectivity index (χ4n) is 2.62. The third-order valence-corrected chi connectivity index (χ3v) is 3.69. The molecule has 0 aliphatic carbocycles. The maximum atomic E-state index is 13.6. The van der Waals surface area contributed by atoms with Crippen LogP contribution in [0.1, 0.15) is 30.0 Å². The van der Waals surface area contributed by atoms with Crippen molar-refractivity contribution in [2.45, 2.75) is 25.1 Å². The van der Waals surface area contributed by atoms with Crippen LogP contribution < -0.4 is 5.32 Å². The molecular formula is C14H15ClF5NO2. The summed E-state index contributed by atoms with van der Waals surface area (Å²) in [5.74, 6) is -4.22. The first-order valence-electron chi connectivity index (χ1n) is 6.61. The zero-order chi connectivity index (χ0) is 16.5. The number of carbonyl (C=O) groups excluding carboxylic acids is 1. The summed E-state index contributed by atoms with van der Waals surface area (Å²) in [5.41, 5.74) is -1.87. The van der Waals surface area contributed by atoms with E-state index in [0.29, 0.717) is 25.1 Å². The lowest BCUT2D eigenvalue weighted by molar-refractivity contribution is -0.146. The molecule has 23 heavy (non-hydrogen) atoms. The van der Waals surface area contributed by atoms with Crippen LogP contribution in [0, 0.1) is 17.6 Å². The first kappa shape index (κ1) is 19.6. The van der Waals surface area contributed by atoms with E-state index >= 15 is 0 Å². The predicted octanol–water partition coefficient (Wildman–Crippen LogP) is 3.62. The Morgan fingerprint density at radius 1 is 1.26 bits per heavy atom. The zero-order valence-electron chi connectivity index (χ0n) is 12.0. The SMILES string of the molecule is COC(=O)C1CCNC(c2cc(F)c(C(F)(F)F)c(F)c2)C1.Cl. The zero-order valence-corrected chi connectivity index (χ0v) is 12.9. The molecule has 0 saturated carbocycles. The monoisotopic (exact) mass is 359 g/mol. The topological polar surface area (TPSA) is 38.3 Å². The van der Waals surface area contributed by atoms with Crippen molar-refractivity contribution in [3.63, 3.8) is 0 Å². The number of alkyl halides is 3. The predicted molar refractivity (Wildman–Crippen MR) is 74.1 cm³/mol. The van der Waals surface area contributed by atoms with Gasteiger partial charge in [0, 0.05) is 6.04 Å². The Kier molecular flexibility index (Phi) is 6.35. The van der Waals surface area contributed by atoms with Crippen LogP contribution in [0.5, 0.6) is 0 Å². The molecule has 1 N–H and O–H groups in total. The minimum absolute atomic E-state index is 0. The smallest absolute Gasteiger partial charge is 0.422 e. The third-order valence-electron chi connectivity index (χ3n) is 3.69. The summed E-state index contributed by atoms with van der Waals surface area (Å²) in [7, 11) is 1.23. The van der Waals surface area contributed by atoms with Crippen LogP contribution in [-0.4, -0.2) is 19.6 Å². The van der Waals surface area contributed by atoms with Crippen LogP contribution in [0.15, 0.2) is 12.1 Å². The number of benzene rings is 1. The molecule has 1 heterocycles. The van der Waals surface area contributed by atoms with Crippen LogP contribution in [0.4, 0.5) is 22.0 Å². The van der Waals surface area contributed by atoms with Gasteiger partial charge in [0.15, 0.2) is 0 Å². The van der Waals surface area contributed by atoms with E-state index in [4.69, 9.17) is 0 Å². The van der Waals surface area contributed by atoms with E-state index in [1.807, 2.05) is 0 Å². The summed E-state index contributed by atoms with van der Waals surface area (Å²) in [6.45, 7) is 0.398. The molecular weight excluding hydrogens is 345 g/mol. The second kappa shape index (κ2) is 7.44. The molecule has 2 rings (SSSR count). The maximum Gasteiger partial charge on any atom is 0.422 e. The lowest BCUT2D eigenvalue weighted by Crippen LogP contribution is -2.35. The van der Waals surface area contributed by atoms with E-state index in [1.165, 1.54) is 7.11 Å². The fraction of sp³-hybridized carbons (Fsp3) is 0.500. The summed E-state index contributed by atoms with van der Waals surface area (Å²) >= 11 is 0. The first-order valence-corrected chi connectivity index (χ1v) is 6.61. The van der Waals surface area contributed by atoms with Gasteiger partial charge < -0.3 is 10.1 Å². The van der Waals surface area contributed by atoms with Crippen molar-refractivity contribution in [1.82, 2.24) is 5.32 Å². The molecule has 1 aromatic carbocycles. The van der Waals surface area contributed by atoms with Gasteiger partial charge in [-0.2, -0.15) is 13.2 Å². The molecule has 0 bridgehead atoms. The van der Waals surface area contributed by atoms with E-state index in [2.05, 4.69) is 10.1 Å². The van der Waals surface area contributed by atoms with Gasteiger partial charge in [-0.15, -0.1) is 12.4 Å². The number of ether oxygens (including phenoxy) is 1. The average molecular weight is 360 g/mol. The highest BCUT2D eigenvalue weighted by Gasteiger charge is 2.38. The van der Waals surface area contributed by atoms with Crippen molar-refractivity contribution >= 4 is 18.4 Å². The number of hydrogen-bond donors (Lipinski definition) is 1. The molecule has 0 aromatic heterocycles. The van der Waals surface area contributed by atoms with Gasteiger partial charge in [0.2, 0.25) is 0 Å². The van der Waals surface area contributed by atoms with Gasteiger partial charge in [0.25, 0.3) is 0 Å². The number of rotatable bonds is 2. The molecule has 9 heteroatoms. The van der Waals surface area contributed by atoms with Gasteiger partial charge in [-0.1, -0.05) is 0 Å². The lowest BCUT2D eigenvalue weighted by Gasteiger charge is -2.29. The highest BCUT2D eigenvalue weighted by Crippen LogP contribution is 2.36. The molecule has 130 valence electrons. The van der Waals surface area contributed by atoms with Gasteiger partial charge >= 0.3 is 12.1 Å². The number of piperidine rings is 1. The van der Waals surface area contributed by atoms with Crippen LogP contribution in [0.3, 0.4) is 0 Å². The van der Waals surface area contributed by atoms with E-state index in [1.54, 1.807) is 0 Å². The van der Waals surface area contributed by atoms with Crippen molar-refractivity contribution in [1.29, 1.82) is 0 Å². The van der Waals surface area contributed by atoms with Crippen molar-refractivity contribution in [2.24, 2.45) is 5.92 Å². The number of halogens is 6. The molecule has 3 nitrogen and oxygen atoms in total. The molecule has 1 aliphatic heterocycles. The molecule has 0 spiro atoms. The van der Waals surface area contributed by atoms with Gasteiger partial charge in [0.1, 0.15) is 17.2 Å². The van der Waals surface area contributed by atoms with Crippen LogP contribution in [0.25, 0.3) is 0 Å². The number of carbonyl (C=O) groups is 1. The fourth-order valence-corrected chi connectivity index (χ4v) is 2.62. The van der Waals surface area contributed by atoms with Gasteiger partial charge in [-0.3, -0.25) is 4.79 Å². The lowest BCUT2D eigenvalue weighted by atomic mass is 9.88. The van der Waals surface area contributed by atoms with Crippen LogP contribution in [-0.2, 0) is 15.7 Å². The van der Waals surface area contributed by atoms with E-state index < -0.39 is 41.3 Å². The van der Waals surface area contributed by atoms with E-state index in [0.717, 1.165) is 0 Å². The number of esters is 1. The third kappa shape index (κ3) is 4.32. The van der Waals surface area contributed by atoms with Crippen LogP contribution in [0.2, 0.25) is 0 Å². The molecule has 0 amide bonds. The van der Waals surface area contributed by atoms with Crippen molar-refractivity contribution in [2.75, 3.05) is 13.7 Å². The molecule has 1 saturated heterocycles. The Morgan fingerprint density at radius 2 is 1.83 bits per heavy atom. The Balaban J connectivity index is 0.00000264. The normalized spacial score (nSPS) is 21.5. The minimum Gasteiger partial charge on any atom is -0.469 e. The van der Waals surface area contributed by atoms with Gasteiger partial charge in [-0.05, 0) is 37.1 Å². The Labute approximate surface area is 135 Å². The first-order chi connectivity index (χ1) is 10.2. The van der Waals surface area contributed by atoms with E-state index in [9.17, 15) is 26.7 Å². The summed E-state index contributed by atoms with van der Waals surface area (Å²) < 4.78 is 69.5. The quantitative estimate of drug-likeness (QED) is 0.647. The molecule has 2 atom stereocenters. The van der Waals surface area contributed by atoms with Crippen molar-refractivity contribution in [3.8, 4) is 0 Å². The minimum atomic E-state index is -5.10. The number of nitrogens with one attached hydrogen (secondary N) is 1.